The molecule has 0 radical (unpaired) electrons. The van der Waals surface area contributed by atoms with Gasteiger partial charge in [0.05, 0.1) is 18.4 Å². The number of hydrogen-bond acceptors (Lipinski definition) is 8. The van der Waals surface area contributed by atoms with Crippen molar-refractivity contribution in [1.82, 2.24) is 14.9 Å². The molecule has 1 aliphatic heterocycles. The van der Waals surface area contributed by atoms with Crippen molar-refractivity contribution in [3.63, 3.8) is 0 Å². The van der Waals surface area contributed by atoms with Gasteiger partial charge in [-0.25, -0.2) is 4.98 Å². The normalized spacial score (nSPS) is 33.5. The molecular formula is C39H58N6O2. The Hall–Kier alpha value is -3.00. The summed E-state index contributed by atoms with van der Waals surface area (Å²) < 4.78 is 0. The van der Waals surface area contributed by atoms with Gasteiger partial charge in [-0.1, -0.05) is 44.1 Å². The van der Waals surface area contributed by atoms with E-state index in [4.69, 9.17) is 9.97 Å². The van der Waals surface area contributed by atoms with Gasteiger partial charge in [-0.2, -0.15) is 4.98 Å². The van der Waals surface area contributed by atoms with Crippen LogP contribution in [0.4, 0.5) is 17.5 Å². The topological polar surface area (TPSA) is 72.9 Å². The number of rotatable bonds is 10. The molecule has 1 saturated heterocycles. The van der Waals surface area contributed by atoms with E-state index in [0.717, 1.165) is 95.5 Å². The molecule has 1 aromatic rings. The molecule has 3 fully saturated rings. The lowest BCUT2D eigenvalue weighted by Crippen LogP contribution is -2.54. The fourth-order valence-electron chi connectivity index (χ4n) is 10.2. The van der Waals surface area contributed by atoms with Crippen LogP contribution in [0.5, 0.6) is 0 Å². The third kappa shape index (κ3) is 5.37. The Kier molecular flexibility index (Phi) is 9.22. The van der Waals surface area contributed by atoms with E-state index in [-0.39, 0.29) is 22.0 Å². The van der Waals surface area contributed by atoms with E-state index in [1.54, 1.807) is 6.08 Å². The summed E-state index contributed by atoms with van der Waals surface area (Å²) in [5, 5.41) is 0. The van der Waals surface area contributed by atoms with Crippen LogP contribution >= 0.6 is 0 Å². The van der Waals surface area contributed by atoms with Gasteiger partial charge < -0.3 is 14.7 Å². The summed E-state index contributed by atoms with van der Waals surface area (Å²) in [6.45, 7) is 25.6. The highest BCUT2D eigenvalue weighted by molar-refractivity contribution is 6.01. The van der Waals surface area contributed by atoms with Crippen molar-refractivity contribution in [3.8, 4) is 0 Å². The number of carbonyl (C=O) groups excluding carboxylic acids is 2. The molecule has 0 spiro atoms. The lowest BCUT2D eigenvalue weighted by atomic mass is 9.49. The zero-order valence-corrected chi connectivity index (χ0v) is 30.3. The zero-order chi connectivity index (χ0) is 33.7. The largest absolute Gasteiger partial charge is 0.368 e. The smallest absolute Gasteiger partial charge is 0.227 e. The van der Waals surface area contributed by atoms with E-state index in [1.807, 2.05) is 12.3 Å². The summed E-state index contributed by atoms with van der Waals surface area (Å²) in [5.41, 5.74) is 3.30. The Morgan fingerprint density at radius 2 is 1.68 bits per heavy atom. The molecule has 2 saturated carbocycles. The molecule has 0 bridgehead atoms. The molecule has 0 unspecified atom stereocenters. The average molecular weight is 643 g/mol. The van der Waals surface area contributed by atoms with E-state index >= 15 is 0 Å². The molecule has 0 aromatic carbocycles. The number of carbonyl (C=O) groups is 2. The van der Waals surface area contributed by atoms with Crippen molar-refractivity contribution in [2.45, 2.75) is 81.1 Å². The SMILES string of the molecule is CCN(CC)c1cnc(N2CCN(CC(=O)[C@@]3(C)[C@H](C)C[C@H]4[C@@H]5CCC6=CC(=O)C=C[C@]6(C)C5=CC[C@@]43C)CC2)nc1N(CC)CC. The van der Waals surface area contributed by atoms with Crippen molar-refractivity contribution in [1.29, 1.82) is 0 Å². The zero-order valence-electron chi connectivity index (χ0n) is 30.3. The highest BCUT2D eigenvalue weighted by Gasteiger charge is 2.65. The van der Waals surface area contributed by atoms with Crippen molar-refractivity contribution in [3.05, 3.63) is 41.6 Å². The summed E-state index contributed by atoms with van der Waals surface area (Å²) in [6, 6.07) is 0. The second-order valence-electron chi connectivity index (χ2n) is 15.4. The van der Waals surface area contributed by atoms with Gasteiger partial charge in [0.2, 0.25) is 5.95 Å². The highest BCUT2D eigenvalue weighted by Crippen LogP contribution is 2.69. The minimum absolute atomic E-state index is 0.0630. The van der Waals surface area contributed by atoms with Crippen LogP contribution in [0.3, 0.4) is 0 Å². The van der Waals surface area contributed by atoms with Gasteiger partial charge in [0.1, 0.15) is 0 Å². The maximum absolute atomic E-state index is 14.5. The summed E-state index contributed by atoms with van der Waals surface area (Å²) in [7, 11) is 0. The van der Waals surface area contributed by atoms with Crippen molar-refractivity contribution in [2.24, 2.45) is 34.0 Å². The van der Waals surface area contributed by atoms with E-state index in [0.29, 0.717) is 30.1 Å². The Balaban J connectivity index is 1.15. The quantitative estimate of drug-likeness (QED) is 0.274. The van der Waals surface area contributed by atoms with Gasteiger partial charge in [-0.05, 0) is 95.6 Å². The van der Waals surface area contributed by atoms with Crippen molar-refractivity contribution >= 4 is 29.0 Å². The fraction of sp³-hybridized carbons (Fsp3) is 0.692. The summed E-state index contributed by atoms with van der Waals surface area (Å²) >= 11 is 0. The second kappa shape index (κ2) is 12.8. The molecule has 0 amide bonds. The van der Waals surface area contributed by atoms with Crippen LogP contribution in [0.15, 0.2) is 41.6 Å². The molecule has 5 aliphatic rings. The Morgan fingerprint density at radius 3 is 2.34 bits per heavy atom. The second-order valence-corrected chi connectivity index (χ2v) is 15.4. The van der Waals surface area contributed by atoms with Crippen LogP contribution in [0.2, 0.25) is 0 Å². The molecule has 256 valence electrons. The molecule has 6 atom stereocenters. The van der Waals surface area contributed by atoms with Gasteiger partial charge in [-0.15, -0.1) is 0 Å². The minimum atomic E-state index is -0.367. The Labute approximate surface area is 283 Å². The number of allylic oxidation sites excluding steroid dienone is 6. The third-order valence-corrected chi connectivity index (χ3v) is 13.6. The van der Waals surface area contributed by atoms with Gasteiger partial charge in [0.25, 0.3) is 0 Å². The first-order chi connectivity index (χ1) is 22.4. The maximum atomic E-state index is 14.5. The van der Waals surface area contributed by atoms with E-state index < -0.39 is 0 Å². The average Bonchev–Trinajstić information content (AvgIpc) is 3.28. The first-order valence-electron chi connectivity index (χ1n) is 18.5. The van der Waals surface area contributed by atoms with Gasteiger partial charge >= 0.3 is 0 Å². The van der Waals surface area contributed by atoms with E-state index in [9.17, 15) is 9.59 Å². The predicted molar refractivity (Wildman–Crippen MR) is 192 cm³/mol. The van der Waals surface area contributed by atoms with Crippen molar-refractivity contribution < 1.29 is 9.59 Å². The van der Waals surface area contributed by atoms with Gasteiger partial charge in [0, 0.05) is 63.2 Å². The van der Waals surface area contributed by atoms with Crippen molar-refractivity contribution in [2.75, 3.05) is 73.6 Å². The number of nitrogens with zero attached hydrogens (tertiary/aromatic N) is 6. The van der Waals surface area contributed by atoms with E-state index in [1.165, 1.54) is 11.1 Å². The fourth-order valence-corrected chi connectivity index (χ4v) is 10.2. The van der Waals surface area contributed by atoms with Crippen LogP contribution in [0.1, 0.15) is 81.1 Å². The molecule has 4 aliphatic carbocycles. The van der Waals surface area contributed by atoms with Gasteiger partial charge in [-0.3, -0.25) is 14.5 Å². The van der Waals surface area contributed by atoms with Crippen LogP contribution in [0, 0.1) is 34.0 Å². The third-order valence-electron chi connectivity index (χ3n) is 13.6. The summed E-state index contributed by atoms with van der Waals surface area (Å²) in [6.07, 6.45) is 14.4. The predicted octanol–water partition coefficient (Wildman–Crippen LogP) is 6.34. The summed E-state index contributed by atoms with van der Waals surface area (Å²) in [4.78, 5) is 46.0. The lowest BCUT2D eigenvalue weighted by molar-refractivity contribution is -0.139. The molecule has 1 aromatic heterocycles. The van der Waals surface area contributed by atoms with Crippen LogP contribution < -0.4 is 14.7 Å². The van der Waals surface area contributed by atoms with E-state index in [2.05, 4.69) is 87.1 Å². The molecule has 8 nitrogen and oxygen atoms in total. The standard InChI is InChI=1S/C39H58N6O2/c1-9-43(10-2)33-25-40-36(41-35(33)44(11-3)12-4)45-21-19-42(20-22-45)26-34(47)39(8)27(5)23-32-30-14-13-28-24-29(46)15-17-37(28,6)31(30)16-18-38(32,39)7/h15-17,24-25,27,30,32H,9-14,18-23,26H2,1-8H3/t27-,30-,32+,37+,38+,39-/m1/s1. The number of ketones is 2. The van der Waals surface area contributed by atoms with Crippen LogP contribution in [-0.2, 0) is 9.59 Å². The van der Waals surface area contributed by atoms with Gasteiger partial charge in [0.15, 0.2) is 17.4 Å². The lowest BCUT2D eigenvalue weighted by Gasteiger charge is -2.54. The van der Waals surface area contributed by atoms with Crippen LogP contribution in [-0.4, -0.2) is 85.3 Å². The number of aromatic nitrogens is 2. The molecule has 6 rings (SSSR count). The monoisotopic (exact) mass is 642 g/mol. The first kappa shape index (κ1) is 33.9. The molecule has 2 heterocycles. The first-order valence-corrected chi connectivity index (χ1v) is 18.5. The van der Waals surface area contributed by atoms with Crippen LogP contribution in [0.25, 0.3) is 0 Å². The number of anilines is 3. The Morgan fingerprint density at radius 1 is 1.00 bits per heavy atom. The maximum Gasteiger partial charge on any atom is 0.227 e. The molecule has 47 heavy (non-hydrogen) atoms. The molecule has 0 N–H and O–H groups in total. The Bertz CT molecular complexity index is 1470. The number of Topliss-reactive ketones (excluding diaryl/α,β-unsaturated/α-hetero) is 1. The molecular weight excluding hydrogens is 584 g/mol. The molecule has 8 heteroatoms. The minimum Gasteiger partial charge on any atom is -0.368 e. The number of hydrogen-bond donors (Lipinski definition) is 0. The highest BCUT2D eigenvalue weighted by atomic mass is 16.1. The number of fused-ring (bicyclic) bond motifs is 5. The summed E-state index contributed by atoms with van der Waals surface area (Å²) in [5.74, 6) is 3.65. The number of piperazine rings is 1.